The van der Waals surface area contributed by atoms with Crippen LogP contribution in [0.25, 0.3) is 16.6 Å². The van der Waals surface area contributed by atoms with Gasteiger partial charge in [0, 0.05) is 35.5 Å². The lowest BCUT2D eigenvalue weighted by Crippen LogP contribution is -2.29. The van der Waals surface area contributed by atoms with Gasteiger partial charge in [0.15, 0.2) is 0 Å². The topological polar surface area (TPSA) is 101 Å². The van der Waals surface area contributed by atoms with Gasteiger partial charge in [-0.1, -0.05) is 0 Å². The number of nitrogens with zero attached hydrogens (tertiary/aromatic N) is 2. The highest BCUT2D eigenvalue weighted by Crippen LogP contribution is 2.35. The molecular formula is C29H25F3N2O6. The van der Waals surface area contributed by atoms with Crippen LogP contribution in [0.3, 0.4) is 0 Å². The van der Waals surface area contributed by atoms with Crippen molar-refractivity contribution in [3.63, 3.8) is 0 Å². The predicted octanol–water partition coefficient (Wildman–Crippen LogP) is 6.64. The Kier molecular flexibility index (Phi) is 7.29. The molecule has 3 aromatic carbocycles. The number of carboxylic acid groups (broad SMARTS) is 2. The summed E-state index contributed by atoms with van der Waals surface area (Å²) < 4.78 is 48.6. The third kappa shape index (κ3) is 5.83. The van der Waals surface area contributed by atoms with Crippen molar-refractivity contribution in [2.75, 3.05) is 18.0 Å². The van der Waals surface area contributed by atoms with Crippen molar-refractivity contribution in [3.05, 3.63) is 78.0 Å². The Morgan fingerprint density at radius 3 is 2.00 bits per heavy atom. The number of ether oxygens (including phenoxy) is 2. The van der Waals surface area contributed by atoms with Crippen LogP contribution in [0.15, 0.2) is 66.7 Å². The van der Waals surface area contributed by atoms with Gasteiger partial charge in [0.1, 0.15) is 17.2 Å². The highest BCUT2D eigenvalue weighted by molar-refractivity contribution is 6.07. The van der Waals surface area contributed by atoms with Crippen LogP contribution in [0, 0.1) is 0 Å². The van der Waals surface area contributed by atoms with Gasteiger partial charge in [-0.05, 0) is 86.0 Å². The summed E-state index contributed by atoms with van der Waals surface area (Å²) in [5.74, 6) is -2.47. The maximum atomic E-state index is 12.4. The fraction of sp³-hybridized carbons (Fsp3) is 0.241. The molecule has 0 bridgehead atoms. The lowest BCUT2D eigenvalue weighted by atomic mass is 10.1. The number of aromatic carboxylic acids is 1. The van der Waals surface area contributed by atoms with Crippen molar-refractivity contribution in [1.82, 2.24) is 4.57 Å². The first-order chi connectivity index (χ1) is 19.1. The van der Waals surface area contributed by atoms with Crippen LogP contribution in [-0.2, 0) is 11.2 Å². The Morgan fingerprint density at radius 2 is 1.40 bits per heavy atom. The molecule has 0 aliphatic carbocycles. The zero-order valence-corrected chi connectivity index (χ0v) is 21.1. The normalized spacial score (nSPS) is 13.8. The van der Waals surface area contributed by atoms with Crippen LogP contribution < -0.4 is 14.4 Å². The first kappa shape index (κ1) is 26.9. The Balaban J connectivity index is 1.53. The minimum Gasteiger partial charge on any atom is -0.481 e. The summed E-state index contributed by atoms with van der Waals surface area (Å²) in [5, 5.41) is 20.0. The maximum Gasteiger partial charge on any atom is 0.573 e. The molecule has 1 saturated heterocycles. The number of piperidine rings is 1. The molecule has 0 saturated carbocycles. The van der Waals surface area contributed by atoms with Gasteiger partial charge in [-0.2, -0.15) is 0 Å². The van der Waals surface area contributed by atoms with E-state index in [0.717, 1.165) is 43.8 Å². The van der Waals surface area contributed by atoms with E-state index in [-0.39, 0.29) is 28.1 Å². The number of hydrogen-bond donors (Lipinski definition) is 2. The Hall–Kier alpha value is -4.67. The Morgan fingerprint density at radius 1 is 0.800 bits per heavy atom. The number of carboxylic acids is 2. The highest BCUT2D eigenvalue weighted by atomic mass is 19.4. The summed E-state index contributed by atoms with van der Waals surface area (Å²) >= 11 is 0. The molecule has 0 atom stereocenters. The molecule has 1 aromatic heterocycles. The van der Waals surface area contributed by atoms with Gasteiger partial charge >= 0.3 is 18.3 Å². The van der Waals surface area contributed by atoms with Crippen molar-refractivity contribution in [2.24, 2.45) is 0 Å². The van der Waals surface area contributed by atoms with Gasteiger partial charge in [-0.25, -0.2) is 4.79 Å². The smallest absolute Gasteiger partial charge is 0.481 e. The molecule has 0 radical (unpaired) electrons. The molecule has 4 aromatic rings. The molecular weight excluding hydrogens is 529 g/mol. The Bertz CT molecular complexity index is 1540. The van der Waals surface area contributed by atoms with Crippen LogP contribution in [0.1, 0.15) is 35.3 Å². The number of carbonyl (C=O) groups is 2. The van der Waals surface area contributed by atoms with Gasteiger partial charge in [0.2, 0.25) is 0 Å². The monoisotopic (exact) mass is 554 g/mol. The van der Waals surface area contributed by atoms with Crippen LogP contribution in [0.4, 0.5) is 18.9 Å². The molecule has 208 valence electrons. The van der Waals surface area contributed by atoms with E-state index in [1.54, 1.807) is 16.7 Å². The van der Waals surface area contributed by atoms with Gasteiger partial charge in [0.05, 0.1) is 17.5 Å². The van der Waals surface area contributed by atoms with E-state index in [0.29, 0.717) is 11.2 Å². The number of benzene rings is 3. The minimum absolute atomic E-state index is 0.103. The van der Waals surface area contributed by atoms with Crippen molar-refractivity contribution >= 4 is 28.5 Å². The number of fused-ring (bicyclic) bond motifs is 1. The van der Waals surface area contributed by atoms with E-state index < -0.39 is 30.5 Å². The number of aromatic nitrogens is 1. The number of rotatable bonds is 8. The van der Waals surface area contributed by atoms with Crippen LogP contribution in [0.2, 0.25) is 0 Å². The molecule has 1 aliphatic rings. The second kappa shape index (κ2) is 10.8. The summed E-state index contributed by atoms with van der Waals surface area (Å²) in [7, 11) is 0. The SMILES string of the molecule is O=C(O)Cc1c(C(=O)O)c2cc(Oc3ccc(OC(F)(F)F)cc3)ccc2n1-c1ccc(N2CCCCC2)cc1. The average Bonchev–Trinajstić information content (AvgIpc) is 3.22. The zero-order chi connectivity index (χ0) is 28.4. The highest BCUT2D eigenvalue weighted by Gasteiger charge is 2.31. The van der Waals surface area contributed by atoms with E-state index >= 15 is 0 Å². The first-order valence-electron chi connectivity index (χ1n) is 12.6. The lowest BCUT2D eigenvalue weighted by Gasteiger charge is -2.29. The van der Waals surface area contributed by atoms with E-state index in [1.807, 2.05) is 24.3 Å². The standard InChI is InChI=1S/C29H25F3N2O6/c30-29(31,32)40-21-10-8-20(9-11-21)39-22-12-13-24-23(16-22)27(28(37)38)25(17-26(35)36)34(24)19-6-4-18(5-7-19)33-14-2-1-3-15-33/h4-13,16H,1-3,14-15,17H2,(H,35,36)(H,37,38). The van der Waals surface area contributed by atoms with Crippen LogP contribution in [0.5, 0.6) is 17.2 Å². The Labute approximate surface area is 226 Å². The van der Waals surface area contributed by atoms with E-state index in [9.17, 15) is 33.0 Å². The number of halogens is 3. The quantitative estimate of drug-likeness (QED) is 0.252. The molecule has 5 rings (SSSR count). The molecule has 0 spiro atoms. The molecule has 1 fully saturated rings. The summed E-state index contributed by atoms with van der Waals surface area (Å²) in [6.07, 6.45) is -1.92. The van der Waals surface area contributed by atoms with Gasteiger partial charge in [-0.3, -0.25) is 4.79 Å². The fourth-order valence-corrected chi connectivity index (χ4v) is 5.04. The van der Waals surface area contributed by atoms with Crippen molar-refractivity contribution in [3.8, 4) is 22.9 Å². The van der Waals surface area contributed by atoms with Gasteiger partial charge in [-0.15, -0.1) is 13.2 Å². The van der Waals surface area contributed by atoms with E-state index in [2.05, 4.69) is 9.64 Å². The summed E-state index contributed by atoms with van der Waals surface area (Å²) in [4.78, 5) is 26.4. The number of aliphatic carboxylic acids is 1. The molecule has 11 heteroatoms. The summed E-state index contributed by atoms with van der Waals surface area (Å²) in [6.45, 7) is 1.92. The largest absolute Gasteiger partial charge is 0.573 e. The maximum absolute atomic E-state index is 12.4. The summed E-state index contributed by atoms with van der Waals surface area (Å²) in [6, 6.07) is 17.0. The van der Waals surface area contributed by atoms with Crippen molar-refractivity contribution in [1.29, 1.82) is 0 Å². The molecule has 2 heterocycles. The third-order valence-corrected chi connectivity index (χ3v) is 6.69. The first-order valence-corrected chi connectivity index (χ1v) is 12.6. The second-order valence-electron chi connectivity index (χ2n) is 9.40. The molecule has 1 aliphatic heterocycles. The molecule has 2 N–H and O–H groups in total. The van der Waals surface area contributed by atoms with Crippen LogP contribution >= 0.6 is 0 Å². The predicted molar refractivity (Wildman–Crippen MR) is 141 cm³/mol. The van der Waals surface area contributed by atoms with Crippen LogP contribution in [-0.4, -0.2) is 46.2 Å². The molecule has 40 heavy (non-hydrogen) atoms. The van der Waals surface area contributed by atoms with Crippen molar-refractivity contribution in [2.45, 2.75) is 32.0 Å². The fourth-order valence-electron chi connectivity index (χ4n) is 5.04. The number of anilines is 1. The third-order valence-electron chi connectivity index (χ3n) is 6.69. The van der Waals surface area contributed by atoms with Crippen molar-refractivity contribution < 1.29 is 42.4 Å². The molecule has 0 unspecified atom stereocenters. The zero-order valence-electron chi connectivity index (χ0n) is 21.1. The number of hydrogen-bond acceptors (Lipinski definition) is 5. The van der Waals surface area contributed by atoms with Gasteiger partial charge in [0.25, 0.3) is 0 Å². The number of alkyl halides is 3. The molecule has 8 nitrogen and oxygen atoms in total. The molecule has 0 amide bonds. The van der Waals surface area contributed by atoms with E-state index in [4.69, 9.17) is 4.74 Å². The second-order valence-corrected chi connectivity index (χ2v) is 9.40. The summed E-state index contributed by atoms with van der Waals surface area (Å²) in [5.41, 5.74) is 2.06. The van der Waals surface area contributed by atoms with Gasteiger partial charge < -0.3 is 29.2 Å². The van der Waals surface area contributed by atoms with E-state index in [1.165, 1.54) is 24.6 Å². The average molecular weight is 555 g/mol. The lowest BCUT2D eigenvalue weighted by molar-refractivity contribution is -0.274. The minimum atomic E-state index is -4.82.